The summed E-state index contributed by atoms with van der Waals surface area (Å²) in [6.07, 6.45) is 8.24. The molecule has 4 heteroatoms. The average Bonchev–Trinajstić information content (AvgIpc) is 2.93. The lowest BCUT2D eigenvalue weighted by atomic mass is 9.74. The number of ketones is 4. The van der Waals surface area contributed by atoms with E-state index >= 15 is 0 Å². The topological polar surface area (TPSA) is 68.3 Å². The van der Waals surface area contributed by atoms with Crippen LogP contribution < -0.4 is 0 Å². The van der Waals surface area contributed by atoms with E-state index < -0.39 is 11.8 Å². The third-order valence-electron chi connectivity index (χ3n) is 4.80. The number of hydrogen-bond acceptors (Lipinski definition) is 4. The molecule has 0 bridgehead atoms. The predicted octanol–water partition coefficient (Wildman–Crippen LogP) is 2.86. The maximum Gasteiger partial charge on any atom is 0.166 e. The summed E-state index contributed by atoms with van der Waals surface area (Å²) in [5.41, 5.74) is -0.136. The Hall–Kier alpha value is -1.84. The molecule has 124 valence electrons. The molecule has 0 aromatic rings. The molecule has 0 aliphatic heterocycles. The maximum atomic E-state index is 11.7. The standard InChI is InChI=1S/C19H24O4/c1-12(4-5-13-15(20)6-7-16(13)21)10-19(2,3)11-14-17(22)8-9-18(14)23/h6-9,12-14H,4-5,10-11H2,1-3H3. The molecule has 0 heterocycles. The van der Waals surface area contributed by atoms with Crippen molar-refractivity contribution in [3.8, 4) is 0 Å². The Labute approximate surface area is 137 Å². The summed E-state index contributed by atoms with van der Waals surface area (Å²) in [7, 11) is 0. The summed E-state index contributed by atoms with van der Waals surface area (Å²) in [4.78, 5) is 46.7. The zero-order chi connectivity index (χ0) is 17.2. The molecule has 2 aliphatic rings. The number of carbonyl (C=O) groups excluding carboxylic acids is 4. The fraction of sp³-hybridized carbons (Fsp3) is 0.579. The van der Waals surface area contributed by atoms with Gasteiger partial charge in [-0.1, -0.05) is 20.8 Å². The van der Waals surface area contributed by atoms with Crippen LogP contribution in [0.5, 0.6) is 0 Å². The number of allylic oxidation sites excluding steroid dienone is 4. The summed E-state index contributed by atoms with van der Waals surface area (Å²) < 4.78 is 0. The third-order valence-corrected chi connectivity index (χ3v) is 4.80. The fourth-order valence-electron chi connectivity index (χ4n) is 3.69. The van der Waals surface area contributed by atoms with E-state index in [0.29, 0.717) is 18.8 Å². The lowest BCUT2D eigenvalue weighted by Crippen LogP contribution is -2.26. The van der Waals surface area contributed by atoms with E-state index in [4.69, 9.17) is 0 Å². The van der Waals surface area contributed by atoms with Crippen LogP contribution in [0.25, 0.3) is 0 Å². The Morgan fingerprint density at radius 1 is 0.870 bits per heavy atom. The van der Waals surface area contributed by atoms with Gasteiger partial charge in [-0.25, -0.2) is 0 Å². The van der Waals surface area contributed by atoms with Gasteiger partial charge in [-0.2, -0.15) is 0 Å². The molecular weight excluding hydrogens is 292 g/mol. The van der Waals surface area contributed by atoms with Gasteiger partial charge in [0.2, 0.25) is 0 Å². The van der Waals surface area contributed by atoms with Crippen molar-refractivity contribution >= 4 is 23.1 Å². The molecule has 0 spiro atoms. The van der Waals surface area contributed by atoms with Gasteiger partial charge < -0.3 is 0 Å². The van der Waals surface area contributed by atoms with Gasteiger partial charge >= 0.3 is 0 Å². The van der Waals surface area contributed by atoms with Crippen molar-refractivity contribution in [1.82, 2.24) is 0 Å². The van der Waals surface area contributed by atoms with Gasteiger partial charge in [0, 0.05) is 0 Å². The first-order chi connectivity index (χ1) is 10.7. The minimum absolute atomic E-state index is 0.0883. The summed E-state index contributed by atoms with van der Waals surface area (Å²) in [6, 6.07) is 0. The second kappa shape index (κ2) is 6.73. The van der Waals surface area contributed by atoms with Gasteiger partial charge in [0.15, 0.2) is 23.1 Å². The minimum Gasteiger partial charge on any atom is -0.294 e. The number of rotatable bonds is 7. The summed E-state index contributed by atoms with van der Waals surface area (Å²) in [5.74, 6) is -1.06. The quantitative estimate of drug-likeness (QED) is 0.677. The zero-order valence-electron chi connectivity index (χ0n) is 14.0. The highest BCUT2D eigenvalue weighted by Gasteiger charge is 2.35. The zero-order valence-corrected chi connectivity index (χ0v) is 14.0. The first-order valence-electron chi connectivity index (χ1n) is 8.21. The van der Waals surface area contributed by atoms with Crippen LogP contribution in [0.4, 0.5) is 0 Å². The van der Waals surface area contributed by atoms with Gasteiger partial charge in [0.1, 0.15) is 0 Å². The van der Waals surface area contributed by atoms with E-state index in [0.717, 1.165) is 12.8 Å². The molecule has 0 aromatic carbocycles. The van der Waals surface area contributed by atoms with Gasteiger partial charge in [-0.3, -0.25) is 19.2 Å². The second-order valence-electron chi connectivity index (χ2n) is 7.64. The summed E-state index contributed by atoms with van der Waals surface area (Å²) >= 11 is 0. The van der Waals surface area contributed by atoms with E-state index in [9.17, 15) is 19.2 Å². The van der Waals surface area contributed by atoms with Crippen molar-refractivity contribution in [2.75, 3.05) is 0 Å². The van der Waals surface area contributed by atoms with Crippen molar-refractivity contribution in [2.45, 2.75) is 46.5 Å². The number of carbonyl (C=O) groups is 4. The minimum atomic E-state index is -0.528. The highest BCUT2D eigenvalue weighted by molar-refractivity contribution is 6.19. The smallest absolute Gasteiger partial charge is 0.166 e. The Morgan fingerprint density at radius 3 is 1.78 bits per heavy atom. The van der Waals surface area contributed by atoms with E-state index in [2.05, 4.69) is 20.8 Å². The van der Waals surface area contributed by atoms with Crippen molar-refractivity contribution in [1.29, 1.82) is 0 Å². The molecule has 23 heavy (non-hydrogen) atoms. The molecular formula is C19H24O4. The van der Waals surface area contributed by atoms with Crippen LogP contribution in [0.1, 0.15) is 46.5 Å². The van der Waals surface area contributed by atoms with Crippen molar-refractivity contribution < 1.29 is 19.2 Å². The molecule has 2 aliphatic carbocycles. The summed E-state index contributed by atoms with van der Waals surface area (Å²) in [6.45, 7) is 6.22. The highest BCUT2D eigenvalue weighted by Crippen LogP contribution is 2.36. The molecule has 0 N–H and O–H groups in total. The van der Waals surface area contributed by atoms with Crippen molar-refractivity contribution in [3.63, 3.8) is 0 Å². The van der Waals surface area contributed by atoms with Crippen LogP contribution in [0.3, 0.4) is 0 Å². The molecule has 0 saturated carbocycles. The van der Waals surface area contributed by atoms with Gasteiger partial charge in [0.05, 0.1) is 11.8 Å². The Morgan fingerprint density at radius 2 is 1.30 bits per heavy atom. The van der Waals surface area contributed by atoms with E-state index in [-0.39, 0.29) is 28.5 Å². The van der Waals surface area contributed by atoms with Crippen molar-refractivity contribution in [3.05, 3.63) is 24.3 Å². The van der Waals surface area contributed by atoms with E-state index in [1.54, 1.807) is 0 Å². The second-order valence-corrected chi connectivity index (χ2v) is 7.64. The van der Waals surface area contributed by atoms with Crippen LogP contribution >= 0.6 is 0 Å². The normalized spacial score (nSPS) is 21.0. The Balaban J connectivity index is 1.82. The SMILES string of the molecule is CC(CCC1C(=O)C=CC1=O)CC(C)(C)CC1C(=O)C=CC1=O. The molecule has 0 aromatic heterocycles. The van der Waals surface area contributed by atoms with E-state index in [1.807, 2.05) is 0 Å². The molecule has 4 nitrogen and oxygen atoms in total. The van der Waals surface area contributed by atoms with Gasteiger partial charge in [-0.05, 0) is 61.3 Å². The Bertz CT molecular complexity index is 558. The van der Waals surface area contributed by atoms with Crippen LogP contribution in [0.2, 0.25) is 0 Å². The maximum absolute atomic E-state index is 11.7. The Kier molecular flexibility index (Phi) is 5.12. The molecule has 0 radical (unpaired) electrons. The van der Waals surface area contributed by atoms with Crippen LogP contribution in [-0.4, -0.2) is 23.1 Å². The molecule has 0 amide bonds. The molecule has 2 rings (SSSR count). The van der Waals surface area contributed by atoms with Gasteiger partial charge in [-0.15, -0.1) is 0 Å². The third kappa shape index (κ3) is 4.34. The van der Waals surface area contributed by atoms with Crippen LogP contribution in [0, 0.1) is 23.2 Å². The molecule has 0 fully saturated rings. The van der Waals surface area contributed by atoms with Crippen molar-refractivity contribution in [2.24, 2.45) is 23.2 Å². The summed E-state index contributed by atoms with van der Waals surface area (Å²) in [5, 5.41) is 0. The lowest BCUT2D eigenvalue weighted by Gasteiger charge is -2.30. The predicted molar refractivity (Wildman–Crippen MR) is 86.7 cm³/mol. The largest absolute Gasteiger partial charge is 0.294 e. The average molecular weight is 316 g/mol. The highest BCUT2D eigenvalue weighted by atomic mass is 16.2. The van der Waals surface area contributed by atoms with Crippen LogP contribution in [0.15, 0.2) is 24.3 Å². The van der Waals surface area contributed by atoms with E-state index in [1.165, 1.54) is 24.3 Å². The molecule has 1 atom stereocenters. The van der Waals surface area contributed by atoms with Crippen LogP contribution in [-0.2, 0) is 19.2 Å². The van der Waals surface area contributed by atoms with Gasteiger partial charge in [0.25, 0.3) is 0 Å². The first kappa shape index (κ1) is 17.5. The molecule has 0 saturated heterocycles. The first-order valence-corrected chi connectivity index (χ1v) is 8.21. The monoisotopic (exact) mass is 316 g/mol. The number of hydrogen-bond donors (Lipinski definition) is 0. The lowest BCUT2D eigenvalue weighted by molar-refractivity contribution is -0.128. The fourth-order valence-corrected chi connectivity index (χ4v) is 3.69. The molecule has 1 unspecified atom stereocenters.